The van der Waals surface area contributed by atoms with Crippen LogP contribution < -0.4 is 25.0 Å². The number of rotatable bonds is 6. The number of hydrogen-bond donors (Lipinski definition) is 2. The maximum atomic E-state index is 12.8. The van der Waals surface area contributed by atoms with Crippen molar-refractivity contribution in [3.8, 4) is 11.5 Å². The lowest BCUT2D eigenvalue weighted by molar-refractivity contribution is 0.208. The van der Waals surface area contributed by atoms with Crippen molar-refractivity contribution in [2.75, 3.05) is 62.5 Å². The van der Waals surface area contributed by atoms with E-state index in [1.807, 2.05) is 19.9 Å². The van der Waals surface area contributed by atoms with E-state index < -0.39 is 0 Å². The van der Waals surface area contributed by atoms with Gasteiger partial charge in [-0.25, -0.2) is 9.78 Å². The van der Waals surface area contributed by atoms with Crippen LogP contribution in [0, 0.1) is 6.92 Å². The molecule has 0 aliphatic carbocycles. The lowest BCUT2D eigenvalue weighted by Crippen LogP contribution is -2.50. The molecule has 30 heavy (non-hydrogen) atoms. The fraction of sp³-hybridized carbons (Fsp3) is 0.450. The second-order valence-corrected chi connectivity index (χ2v) is 7.22. The number of ether oxygens (including phenoxy) is 2. The number of piperazine rings is 1. The molecule has 162 valence electrons. The molecule has 1 fully saturated rings. The van der Waals surface area contributed by atoms with E-state index in [0.29, 0.717) is 54.3 Å². The number of benzene rings is 1. The Morgan fingerprint density at radius 3 is 2.43 bits per heavy atom. The number of halogens is 1. The van der Waals surface area contributed by atoms with E-state index in [2.05, 4.69) is 25.5 Å². The molecule has 0 unspecified atom stereocenters. The Balaban J connectivity index is 1.64. The van der Waals surface area contributed by atoms with Crippen LogP contribution in [-0.2, 0) is 0 Å². The number of carbonyl (C=O) groups is 1. The molecule has 0 radical (unpaired) electrons. The van der Waals surface area contributed by atoms with Gasteiger partial charge in [-0.3, -0.25) is 0 Å². The average molecular weight is 435 g/mol. The minimum atomic E-state index is -0.207. The SMILES string of the molecule is CCNc1nc(C)cc(N2CCN(C(=O)Nc3cc(Cl)c(OC)cc3OC)CC2)n1. The number of nitrogens with one attached hydrogen (secondary N) is 2. The number of methoxy groups -OCH3 is 2. The molecule has 1 aromatic heterocycles. The molecule has 3 rings (SSSR count). The molecule has 0 saturated carbocycles. The average Bonchev–Trinajstić information content (AvgIpc) is 2.74. The molecule has 2 N–H and O–H groups in total. The third-order valence-electron chi connectivity index (χ3n) is 4.78. The Hall–Kier alpha value is -2.94. The van der Waals surface area contributed by atoms with Crippen LogP contribution in [0.1, 0.15) is 12.6 Å². The van der Waals surface area contributed by atoms with E-state index in [1.165, 1.54) is 14.2 Å². The van der Waals surface area contributed by atoms with Crippen molar-refractivity contribution in [2.45, 2.75) is 13.8 Å². The summed E-state index contributed by atoms with van der Waals surface area (Å²) >= 11 is 6.19. The van der Waals surface area contributed by atoms with Crippen LogP contribution in [0.5, 0.6) is 11.5 Å². The molecular weight excluding hydrogens is 408 g/mol. The number of urea groups is 1. The van der Waals surface area contributed by atoms with Gasteiger partial charge in [-0.05, 0) is 19.9 Å². The van der Waals surface area contributed by atoms with Crippen LogP contribution in [0.25, 0.3) is 0 Å². The van der Waals surface area contributed by atoms with Crippen molar-refractivity contribution in [3.05, 3.63) is 28.9 Å². The predicted molar refractivity (Wildman–Crippen MR) is 118 cm³/mol. The summed E-state index contributed by atoms with van der Waals surface area (Å²) in [7, 11) is 3.06. The molecule has 1 aliphatic rings. The third-order valence-corrected chi connectivity index (χ3v) is 5.08. The lowest BCUT2D eigenvalue weighted by Gasteiger charge is -2.35. The first kappa shape index (κ1) is 21.8. The molecule has 0 bridgehead atoms. The number of aryl methyl sites for hydroxylation is 1. The van der Waals surface area contributed by atoms with Crippen LogP contribution in [0.2, 0.25) is 5.02 Å². The van der Waals surface area contributed by atoms with Crippen molar-refractivity contribution < 1.29 is 14.3 Å². The maximum Gasteiger partial charge on any atom is 0.322 e. The van der Waals surface area contributed by atoms with E-state index in [0.717, 1.165) is 18.1 Å². The zero-order valence-electron chi connectivity index (χ0n) is 17.7. The van der Waals surface area contributed by atoms with Gasteiger partial charge >= 0.3 is 6.03 Å². The van der Waals surface area contributed by atoms with Gasteiger partial charge in [-0.2, -0.15) is 4.98 Å². The Bertz CT molecular complexity index is 902. The summed E-state index contributed by atoms with van der Waals surface area (Å²) in [6.45, 7) is 7.20. The van der Waals surface area contributed by atoms with Crippen LogP contribution in [0.3, 0.4) is 0 Å². The van der Waals surface area contributed by atoms with E-state index >= 15 is 0 Å². The van der Waals surface area contributed by atoms with E-state index in [4.69, 9.17) is 21.1 Å². The van der Waals surface area contributed by atoms with Gasteiger partial charge in [-0.1, -0.05) is 11.6 Å². The van der Waals surface area contributed by atoms with E-state index in [1.54, 1.807) is 17.0 Å². The molecule has 9 nitrogen and oxygen atoms in total. The van der Waals surface area contributed by atoms with Gasteiger partial charge in [-0.15, -0.1) is 0 Å². The molecule has 1 aromatic carbocycles. The highest BCUT2D eigenvalue weighted by atomic mass is 35.5. The fourth-order valence-electron chi connectivity index (χ4n) is 3.24. The monoisotopic (exact) mass is 434 g/mol. The fourth-order valence-corrected chi connectivity index (χ4v) is 3.48. The van der Waals surface area contributed by atoms with Crippen LogP contribution in [0.15, 0.2) is 18.2 Å². The summed E-state index contributed by atoms with van der Waals surface area (Å²) in [5, 5.41) is 6.43. The molecule has 2 heterocycles. The van der Waals surface area contributed by atoms with Crippen LogP contribution in [-0.4, -0.2) is 67.8 Å². The van der Waals surface area contributed by atoms with Crippen molar-refractivity contribution in [1.82, 2.24) is 14.9 Å². The van der Waals surface area contributed by atoms with Gasteiger partial charge in [0.05, 0.1) is 24.9 Å². The molecular formula is C20H27ClN6O3. The highest BCUT2D eigenvalue weighted by molar-refractivity contribution is 6.32. The number of aromatic nitrogens is 2. The van der Waals surface area contributed by atoms with E-state index in [-0.39, 0.29) is 6.03 Å². The normalized spacial score (nSPS) is 13.8. The number of amides is 2. The van der Waals surface area contributed by atoms with E-state index in [9.17, 15) is 4.79 Å². The first-order valence-electron chi connectivity index (χ1n) is 9.77. The quantitative estimate of drug-likeness (QED) is 0.721. The summed E-state index contributed by atoms with van der Waals surface area (Å²) < 4.78 is 10.5. The second kappa shape index (κ2) is 9.71. The molecule has 10 heteroatoms. The Labute approximate surface area is 181 Å². The van der Waals surface area contributed by atoms with Gasteiger partial charge in [0.25, 0.3) is 0 Å². The van der Waals surface area contributed by atoms with Gasteiger partial charge in [0.2, 0.25) is 5.95 Å². The van der Waals surface area contributed by atoms with Crippen molar-refractivity contribution in [1.29, 1.82) is 0 Å². The molecule has 0 atom stereocenters. The van der Waals surface area contributed by atoms with Crippen molar-refractivity contribution in [3.63, 3.8) is 0 Å². The lowest BCUT2D eigenvalue weighted by atomic mass is 10.2. The largest absolute Gasteiger partial charge is 0.495 e. The summed E-state index contributed by atoms with van der Waals surface area (Å²) in [6.07, 6.45) is 0. The van der Waals surface area contributed by atoms with Crippen LogP contribution in [0.4, 0.5) is 22.2 Å². The summed E-state index contributed by atoms with van der Waals surface area (Å²) in [4.78, 5) is 25.6. The summed E-state index contributed by atoms with van der Waals surface area (Å²) in [6, 6.07) is 5.02. The van der Waals surface area contributed by atoms with Gasteiger partial charge < -0.3 is 29.9 Å². The first-order valence-corrected chi connectivity index (χ1v) is 10.1. The Kier molecular flexibility index (Phi) is 7.04. The van der Waals surface area contributed by atoms with Crippen molar-refractivity contribution >= 4 is 35.1 Å². The number of anilines is 3. The minimum Gasteiger partial charge on any atom is -0.495 e. The topological polar surface area (TPSA) is 91.9 Å². The highest BCUT2D eigenvalue weighted by Gasteiger charge is 2.23. The zero-order chi connectivity index (χ0) is 21.7. The molecule has 0 spiro atoms. The van der Waals surface area contributed by atoms with Crippen molar-refractivity contribution in [2.24, 2.45) is 0 Å². The molecule has 2 aromatic rings. The predicted octanol–water partition coefficient (Wildman–Crippen LogP) is 3.24. The standard InChI is InChI=1S/C20H27ClN6O3/c1-5-22-19-23-13(2)10-18(25-19)26-6-8-27(9-7-26)20(28)24-15-11-14(21)16(29-3)12-17(15)30-4/h10-12H,5-9H2,1-4H3,(H,24,28)(H,22,23,25). The number of nitrogens with zero attached hydrogens (tertiary/aromatic N) is 4. The maximum absolute atomic E-state index is 12.8. The highest BCUT2D eigenvalue weighted by Crippen LogP contribution is 2.36. The first-order chi connectivity index (χ1) is 14.4. The van der Waals surface area contributed by atoms with Gasteiger partial charge in [0, 0.05) is 50.6 Å². The number of hydrogen-bond acceptors (Lipinski definition) is 7. The van der Waals surface area contributed by atoms with Gasteiger partial charge in [0.1, 0.15) is 17.3 Å². The summed E-state index contributed by atoms with van der Waals surface area (Å²) in [5.74, 6) is 2.45. The Morgan fingerprint density at radius 2 is 1.80 bits per heavy atom. The zero-order valence-corrected chi connectivity index (χ0v) is 18.4. The molecule has 2 amide bonds. The Morgan fingerprint density at radius 1 is 1.10 bits per heavy atom. The molecule has 1 saturated heterocycles. The summed E-state index contributed by atoms with van der Waals surface area (Å²) in [5.41, 5.74) is 1.40. The molecule has 1 aliphatic heterocycles. The van der Waals surface area contributed by atoms with Crippen LogP contribution >= 0.6 is 11.6 Å². The smallest absolute Gasteiger partial charge is 0.322 e. The minimum absolute atomic E-state index is 0.207. The number of carbonyl (C=O) groups excluding carboxylic acids is 1. The van der Waals surface area contributed by atoms with Gasteiger partial charge in [0.15, 0.2) is 0 Å². The third kappa shape index (κ3) is 4.96. The second-order valence-electron chi connectivity index (χ2n) is 6.81.